The minimum absolute atomic E-state index is 0.115. The van der Waals surface area contributed by atoms with Gasteiger partial charge in [-0.05, 0) is 49.2 Å². The van der Waals surface area contributed by atoms with Crippen LogP contribution in [0.2, 0.25) is 0 Å². The lowest BCUT2D eigenvalue weighted by atomic mass is 10.0. The van der Waals surface area contributed by atoms with Crippen molar-refractivity contribution in [3.63, 3.8) is 0 Å². The highest BCUT2D eigenvalue weighted by Gasteiger charge is 2.37. The van der Waals surface area contributed by atoms with Gasteiger partial charge in [-0.2, -0.15) is 17.9 Å². The molecule has 1 saturated heterocycles. The first-order valence-electron chi connectivity index (χ1n) is 12.5. The number of nitrogens with one attached hydrogen (secondary N) is 3. The maximum absolute atomic E-state index is 14.0. The number of carboxylic acid groups (broad SMARTS) is 1. The van der Waals surface area contributed by atoms with Crippen LogP contribution in [0.4, 0.5) is 24.8 Å². The second-order valence-electron chi connectivity index (χ2n) is 9.26. The van der Waals surface area contributed by atoms with Gasteiger partial charge in [-0.25, -0.2) is 18.4 Å². The summed E-state index contributed by atoms with van der Waals surface area (Å²) in [6, 6.07) is 9.94. The van der Waals surface area contributed by atoms with Crippen molar-refractivity contribution in [1.29, 1.82) is 0 Å². The van der Waals surface area contributed by atoms with Crippen LogP contribution in [0.25, 0.3) is 0 Å². The van der Waals surface area contributed by atoms with Gasteiger partial charge in [0.2, 0.25) is 16.0 Å². The SMILES string of the molecule is O=C(NCC(NS(=O)(=O)c1ccccc1)C(=O)O)c1ccc(N2CCCC(Nc3ncccn3)C2)cc1C(F)(F)F. The van der Waals surface area contributed by atoms with E-state index >= 15 is 0 Å². The van der Waals surface area contributed by atoms with Crippen molar-refractivity contribution in [3.05, 3.63) is 78.1 Å². The Morgan fingerprint density at radius 1 is 1.07 bits per heavy atom. The number of sulfonamides is 1. The highest BCUT2D eigenvalue weighted by Crippen LogP contribution is 2.35. The molecule has 218 valence electrons. The lowest BCUT2D eigenvalue weighted by Crippen LogP contribution is -2.48. The van der Waals surface area contributed by atoms with Crippen molar-refractivity contribution in [1.82, 2.24) is 20.0 Å². The van der Waals surface area contributed by atoms with Crippen LogP contribution in [0.3, 0.4) is 0 Å². The van der Waals surface area contributed by atoms with E-state index in [2.05, 4.69) is 20.6 Å². The average molecular weight is 593 g/mol. The van der Waals surface area contributed by atoms with Gasteiger partial charge in [-0.3, -0.25) is 9.59 Å². The molecule has 0 bridgehead atoms. The molecule has 2 unspecified atom stereocenters. The number of hydrogen-bond donors (Lipinski definition) is 4. The van der Waals surface area contributed by atoms with E-state index in [1.165, 1.54) is 30.3 Å². The van der Waals surface area contributed by atoms with Gasteiger partial charge in [0, 0.05) is 43.8 Å². The van der Waals surface area contributed by atoms with Gasteiger partial charge >= 0.3 is 12.1 Å². The third-order valence-electron chi connectivity index (χ3n) is 6.35. The lowest BCUT2D eigenvalue weighted by Gasteiger charge is -2.35. The van der Waals surface area contributed by atoms with E-state index in [-0.39, 0.29) is 16.6 Å². The van der Waals surface area contributed by atoms with Crippen LogP contribution in [0.15, 0.2) is 71.9 Å². The standard InChI is InChI=1S/C26H27F3N6O5S/c27-26(28,29)21-14-18(35-13-4-6-17(16-35)33-25-30-11-5-12-31-25)9-10-20(21)23(36)32-15-22(24(37)38)34-41(39,40)19-7-2-1-3-8-19/h1-3,5,7-12,14,17,22,34H,4,6,13,15-16H2,(H,32,36)(H,37,38)(H,30,31,33). The summed E-state index contributed by atoms with van der Waals surface area (Å²) in [5.41, 5.74) is -1.67. The average Bonchev–Trinajstić information content (AvgIpc) is 2.95. The van der Waals surface area contributed by atoms with E-state index in [0.717, 1.165) is 18.6 Å². The van der Waals surface area contributed by atoms with E-state index in [9.17, 15) is 36.3 Å². The first kappa shape index (κ1) is 29.7. The maximum Gasteiger partial charge on any atom is 0.417 e. The fraction of sp³-hybridized carbons (Fsp3) is 0.308. The van der Waals surface area contributed by atoms with Crippen LogP contribution in [-0.2, 0) is 21.0 Å². The van der Waals surface area contributed by atoms with Crippen LogP contribution in [0, 0.1) is 0 Å². The second-order valence-corrected chi connectivity index (χ2v) is 11.0. The van der Waals surface area contributed by atoms with Crippen molar-refractivity contribution >= 4 is 33.5 Å². The summed E-state index contributed by atoms with van der Waals surface area (Å²) in [7, 11) is -4.27. The molecule has 2 aromatic carbocycles. The second kappa shape index (κ2) is 12.5. The summed E-state index contributed by atoms with van der Waals surface area (Å²) < 4.78 is 69.1. The Morgan fingerprint density at radius 3 is 2.44 bits per heavy atom. The van der Waals surface area contributed by atoms with Crippen LogP contribution >= 0.6 is 0 Å². The zero-order valence-corrected chi connectivity index (χ0v) is 22.3. The van der Waals surface area contributed by atoms with Gasteiger partial charge in [0.25, 0.3) is 5.91 Å². The molecule has 4 N–H and O–H groups in total. The molecule has 15 heteroatoms. The van der Waals surface area contributed by atoms with Crippen LogP contribution in [0.1, 0.15) is 28.8 Å². The Bertz CT molecular complexity index is 1480. The first-order valence-corrected chi connectivity index (χ1v) is 14.0. The topological polar surface area (TPSA) is 154 Å². The highest BCUT2D eigenvalue weighted by atomic mass is 32.2. The number of piperidine rings is 1. The molecule has 1 aliphatic heterocycles. The fourth-order valence-corrected chi connectivity index (χ4v) is 5.58. The number of anilines is 2. The summed E-state index contributed by atoms with van der Waals surface area (Å²) >= 11 is 0. The van der Waals surface area contributed by atoms with Gasteiger partial charge in [0.05, 0.1) is 16.0 Å². The van der Waals surface area contributed by atoms with E-state index in [1.807, 2.05) is 4.72 Å². The number of rotatable bonds is 10. The number of amides is 1. The maximum atomic E-state index is 14.0. The van der Waals surface area contributed by atoms with Crippen LogP contribution < -0.4 is 20.3 Å². The zero-order chi connectivity index (χ0) is 29.6. The molecule has 1 fully saturated rings. The smallest absolute Gasteiger partial charge is 0.417 e. The number of carbonyl (C=O) groups excluding carboxylic acids is 1. The number of hydrogen-bond acceptors (Lipinski definition) is 8. The molecule has 1 aliphatic rings. The zero-order valence-electron chi connectivity index (χ0n) is 21.5. The van der Waals surface area contributed by atoms with E-state index in [4.69, 9.17) is 0 Å². The van der Waals surface area contributed by atoms with Crippen molar-refractivity contribution in [2.45, 2.75) is 36.0 Å². The monoisotopic (exact) mass is 592 g/mol. The largest absolute Gasteiger partial charge is 0.480 e. The molecular formula is C26H27F3N6O5S. The minimum Gasteiger partial charge on any atom is -0.480 e. The van der Waals surface area contributed by atoms with Crippen molar-refractivity contribution in [2.75, 3.05) is 29.9 Å². The summed E-state index contributed by atoms with van der Waals surface area (Å²) in [5.74, 6) is -2.41. The molecule has 2 heterocycles. The predicted molar refractivity (Wildman–Crippen MR) is 143 cm³/mol. The van der Waals surface area contributed by atoms with E-state index in [0.29, 0.717) is 25.5 Å². The summed E-state index contributed by atoms with van der Waals surface area (Å²) in [4.78, 5) is 34.3. The Morgan fingerprint density at radius 2 is 1.78 bits per heavy atom. The number of carboxylic acids is 1. The van der Waals surface area contributed by atoms with Gasteiger partial charge < -0.3 is 20.6 Å². The van der Waals surface area contributed by atoms with Gasteiger partial charge in [0.1, 0.15) is 6.04 Å². The molecular weight excluding hydrogens is 565 g/mol. The first-order chi connectivity index (χ1) is 19.4. The molecule has 1 amide bonds. The van der Waals surface area contributed by atoms with Crippen molar-refractivity contribution < 1.29 is 36.3 Å². The van der Waals surface area contributed by atoms with Crippen LogP contribution in [-0.4, -0.2) is 67.1 Å². The number of benzene rings is 2. The number of aliphatic carboxylic acids is 1. The quantitative estimate of drug-likeness (QED) is 0.278. The Balaban J connectivity index is 1.48. The molecule has 1 aromatic heterocycles. The van der Waals surface area contributed by atoms with Gasteiger partial charge in [-0.15, -0.1) is 0 Å². The highest BCUT2D eigenvalue weighted by molar-refractivity contribution is 7.89. The van der Waals surface area contributed by atoms with Gasteiger partial charge in [0.15, 0.2) is 0 Å². The Kier molecular flexibility index (Phi) is 9.08. The number of nitrogens with zero attached hydrogens (tertiary/aromatic N) is 3. The molecule has 3 aromatic rings. The summed E-state index contributed by atoms with van der Waals surface area (Å²) in [6.07, 6.45) is -0.280. The van der Waals surface area contributed by atoms with Crippen molar-refractivity contribution in [2.24, 2.45) is 0 Å². The van der Waals surface area contributed by atoms with Crippen molar-refractivity contribution in [3.8, 4) is 0 Å². The fourth-order valence-electron chi connectivity index (χ4n) is 4.37. The van der Waals surface area contributed by atoms with Crippen LogP contribution in [0.5, 0.6) is 0 Å². The molecule has 41 heavy (non-hydrogen) atoms. The van der Waals surface area contributed by atoms with Gasteiger partial charge in [-0.1, -0.05) is 18.2 Å². The molecule has 0 aliphatic carbocycles. The molecule has 4 rings (SSSR count). The molecule has 0 spiro atoms. The predicted octanol–water partition coefficient (Wildman–Crippen LogP) is 2.74. The number of halogens is 3. The Labute approximate surface area is 233 Å². The molecule has 0 radical (unpaired) electrons. The summed E-state index contributed by atoms with van der Waals surface area (Å²) in [5, 5.41) is 14.8. The molecule has 11 nitrogen and oxygen atoms in total. The van der Waals surface area contributed by atoms with E-state index in [1.54, 1.807) is 29.4 Å². The third kappa shape index (κ3) is 7.70. The molecule has 2 atom stereocenters. The van der Waals surface area contributed by atoms with E-state index < -0.39 is 51.8 Å². The Hall–Kier alpha value is -4.24. The third-order valence-corrected chi connectivity index (χ3v) is 7.84. The minimum atomic E-state index is -4.89. The number of alkyl halides is 3. The number of carbonyl (C=O) groups is 2. The number of aromatic nitrogens is 2. The molecule has 0 saturated carbocycles. The summed E-state index contributed by atoms with van der Waals surface area (Å²) in [6.45, 7) is 0.0851. The normalized spacial score (nSPS) is 16.6. The lowest BCUT2D eigenvalue weighted by molar-refractivity contribution is -0.139.